The van der Waals surface area contributed by atoms with E-state index in [0.717, 1.165) is 12.1 Å². The molecule has 0 unspecified atom stereocenters. The van der Waals surface area contributed by atoms with Gasteiger partial charge in [-0.3, -0.25) is 4.79 Å². The number of anilines is 1. The van der Waals surface area contributed by atoms with Gasteiger partial charge in [0.15, 0.2) is 9.84 Å². The molecule has 0 aliphatic heterocycles. The molecule has 0 aromatic heterocycles. The molecule has 5 nitrogen and oxygen atoms in total. The first-order valence-electron chi connectivity index (χ1n) is 7.24. The van der Waals surface area contributed by atoms with Crippen LogP contribution < -0.4 is 5.32 Å². The Morgan fingerprint density at radius 1 is 1.29 bits per heavy atom. The average Bonchev–Trinajstić information content (AvgIpc) is 2.88. The molecule has 21 heavy (non-hydrogen) atoms. The zero-order chi connectivity index (χ0) is 15.5. The molecular formula is C15H21NO4S. The fourth-order valence-electron chi connectivity index (χ4n) is 2.72. The Morgan fingerprint density at radius 2 is 1.95 bits per heavy atom. The molecule has 0 saturated heterocycles. The molecule has 1 fully saturated rings. The minimum atomic E-state index is -3.18. The summed E-state index contributed by atoms with van der Waals surface area (Å²) in [6.07, 6.45) is 2.73. The van der Waals surface area contributed by atoms with Crippen LogP contribution in [0.4, 0.5) is 5.69 Å². The van der Waals surface area contributed by atoms with Crippen LogP contribution in [-0.4, -0.2) is 31.3 Å². The third-order valence-electron chi connectivity index (χ3n) is 3.84. The number of hydrogen-bond acceptors (Lipinski definition) is 4. The summed E-state index contributed by atoms with van der Waals surface area (Å²) in [5, 5.41) is 12.3. The monoisotopic (exact) mass is 311 g/mol. The van der Waals surface area contributed by atoms with Crippen molar-refractivity contribution in [3.05, 3.63) is 24.3 Å². The molecule has 0 bridgehead atoms. The molecule has 6 heteroatoms. The van der Waals surface area contributed by atoms with Crippen molar-refractivity contribution in [3.63, 3.8) is 0 Å². The van der Waals surface area contributed by atoms with Crippen molar-refractivity contribution in [1.82, 2.24) is 0 Å². The minimum Gasteiger partial charge on any atom is -0.481 e. The lowest BCUT2D eigenvalue weighted by atomic mass is 10.1. The van der Waals surface area contributed by atoms with E-state index in [0.29, 0.717) is 24.2 Å². The van der Waals surface area contributed by atoms with Crippen molar-refractivity contribution < 1.29 is 18.3 Å². The number of hydrogen-bond donors (Lipinski definition) is 2. The van der Waals surface area contributed by atoms with E-state index in [4.69, 9.17) is 5.11 Å². The van der Waals surface area contributed by atoms with Gasteiger partial charge in [-0.2, -0.15) is 0 Å². The van der Waals surface area contributed by atoms with Crippen LogP contribution >= 0.6 is 0 Å². The first-order chi connectivity index (χ1) is 9.92. The van der Waals surface area contributed by atoms with Gasteiger partial charge in [-0.05, 0) is 49.9 Å². The first kappa shape index (κ1) is 15.8. The highest BCUT2D eigenvalue weighted by Crippen LogP contribution is 2.28. The van der Waals surface area contributed by atoms with Gasteiger partial charge in [0, 0.05) is 11.7 Å². The maximum absolute atomic E-state index is 11.9. The molecule has 0 heterocycles. The summed E-state index contributed by atoms with van der Waals surface area (Å²) in [4.78, 5) is 11.3. The Kier molecular flexibility index (Phi) is 4.88. The van der Waals surface area contributed by atoms with E-state index in [9.17, 15) is 13.2 Å². The molecular weight excluding hydrogens is 290 g/mol. The first-order valence-corrected chi connectivity index (χ1v) is 8.89. The van der Waals surface area contributed by atoms with Crippen LogP contribution in [0.25, 0.3) is 0 Å². The van der Waals surface area contributed by atoms with Crippen LogP contribution in [0.1, 0.15) is 32.6 Å². The van der Waals surface area contributed by atoms with E-state index < -0.39 is 15.8 Å². The SMILES string of the molecule is CCCS(=O)(=O)c1ccc(N[C@H]2CC[C@@H](C(=O)O)C2)cc1. The summed E-state index contributed by atoms with van der Waals surface area (Å²) in [6.45, 7) is 1.84. The number of nitrogens with one attached hydrogen (secondary N) is 1. The van der Waals surface area contributed by atoms with Gasteiger partial charge in [-0.1, -0.05) is 6.92 Å². The van der Waals surface area contributed by atoms with Crippen molar-refractivity contribution in [1.29, 1.82) is 0 Å². The largest absolute Gasteiger partial charge is 0.481 e. The van der Waals surface area contributed by atoms with Gasteiger partial charge in [0.1, 0.15) is 0 Å². The summed E-state index contributed by atoms with van der Waals surface area (Å²) in [5.41, 5.74) is 0.835. The average molecular weight is 311 g/mol. The molecule has 1 aliphatic carbocycles. The second-order valence-corrected chi connectivity index (χ2v) is 7.64. The van der Waals surface area contributed by atoms with Gasteiger partial charge in [-0.15, -0.1) is 0 Å². The van der Waals surface area contributed by atoms with E-state index in [1.165, 1.54) is 0 Å². The molecule has 0 spiro atoms. The molecule has 2 N–H and O–H groups in total. The highest BCUT2D eigenvalue weighted by atomic mass is 32.2. The van der Waals surface area contributed by atoms with E-state index in [1.807, 2.05) is 6.92 Å². The van der Waals surface area contributed by atoms with E-state index in [-0.39, 0.29) is 17.7 Å². The molecule has 116 valence electrons. The second kappa shape index (κ2) is 6.47. The maximum atomic E-state index is 11.9. The molecule has 1 saturated carbocycles. The van der Waals surface area contributed by atoms with Crippen LogP contribution in [0.5, 0.6) is 0 Å². The number of sulfone groups is 1. The van der Waals surface area contributed by atoms with Crippen LogP contribution in [0.2, 0.25) is 0 Å². The molecule has 1 aromatic carbocycles. The normalized spacial score (nSPS) is 22.1. The van der Waals surface area contributed by atoms with Crippen molar-refractivity contribution in [2.24, 2.45) is 5.92 Å². The molecule has 1 aromatic rings. The lowest BCUT2D eigenvalue weighted by molar-refractivity contribution is -0.141. The number of carboxylic acid groups (broad SMARTS) is 1. The maximum Gasteiger partial charge on any atom is 0.306 e. The van der Waals surface area contributed by atoms with Gasteiger partial charge < -0.3 is 10.4 Å². The Labute approximate surface area is 125 Å². The number of carboxylic acids is 1. The fraction of sp³-hybridized carbons (Fsp3) is 0.533. The summed E-state index contributed by atoms with van der Waals surface area (Å²) in [6, 6.07) is 6.85. The molecule has 1 aliphatic rings. The van der Waals surface area contributed by atoms with Crippen molar-refractivity contribution in [2.75, 3.05) is 11.1 Å². The van der Waals surface area contributed by atoms with Crippen molar-refractivity contribution in [3.8, 4) is 0 Å². The number of rotatable bonds is 6. The number of benzene rings is 1. The Balaban J connectivity index is 1.99. The number of carbonyl (C=O) groups is 1. The molecule has 0 amide bonds. The lowest BCUT2D eigenvalue weighted by Gasteiger charge is -2.14. The van der Waals surface area contributed by atoms with Crippen LogP contribution in [0.15, 0.2) is 29.2 Å². The van der Waals surface area contributed by atoms with Crippen molar-refractivity contribution >= 4 is 21.5 Å². The zero-order valence-electron chi connectivity index (χ0n) is 12.1. The van der Waals surface area contributed by atoms with Crippen LogP contribution in [0.3, 0.4) is 0 Å². The summed E-state index contributed by atoms with van der Waals surface area (Å²) in [7, 11) is -3.18. The second-order valence-electron chi connectivity index (χ2n) is 5.53. The van der Waals surface area contributed by atoms with E-state index in [2.05, 4.69) is 5.32 Å². The highest BCUT2D eigenvalue weighted by Gasteiger charge is 2.29. The van der Waals surface area contributed by atoms with E-state index in [1.54, 1.807) is 24.3 Å². The van der Waals surface area contributed by atoms with Gasteiger partial charge in [-0.25, -0.2) is 8.42 Å². The quantitative estimate of drug-likeness (QED) is 0.843. The summed E-state index contributed by atoms with van der Waals surface area (Å²) < 4.78 is 23.8. The minimum absolute atomic E-state index is 0.143. The topological polar surface area (TPSA) is 83.5 Å². The molecule has 0 radical (unpaired) electrons. The van der Waals surface area contributed by atoms with Gasteiger partial charge in [0.25, 0.3) is 0 Å². The zero-order valence-corrected chi connectivity index (χ0v) is 12.9. The van der Waals surface area contributed by atoms with Crippen LogP contribution in [-0.2, 0) is 14.6 Å². The third kappa shape index (κ3) is 3.97. The number of aliphatic carboxylic acids is 1. The predicted octanol–water partition coefficient (Wildman–Crippen LogP) is 2.54. The third-order valence-corrected chi connectivity index (χ3v) is 5.78. The van der Waals surface area contributed by atoms with Gasteiger partial charge >= 0.3 is 5.97 Å². The van der Waals surface area contributed by atoms with E-state index >= 15 is 0 Å². The Bertz CT molecular complexity index is 595. The smallest absolute Gasteiger partial charge is 0.306 e. The van der Waals surface area contributed by atoms with Gasteiger partial charge in [0.2, 0.25) is 0 Å². The molecule has 2 atom stereocenters. The molecule has 2 rings (SSSR count). The van der Waals surface area contributed by atoms with Gasteiger partial charge in [0.05, 0.1) is 16.6 Å². The lowest BCUT2D eigenvalue weighted by Crippen LogP contribution is -2.17. The Hall–Kier alpha value is -1.56. The summed E-state index contributed by atoms with van der Waals surface area (Å²) in [5.74, 6) is -0.852. The highest BCUT2D eigenvalue weighted by molar-refractivity contribution is 7.91. The standard InChI is InChI=1S/C15H21NO4S/c1-2-9-21(19,20)14-7-5-12(6-8-14)16-13-4-3-11(10-13)15(17)18/h5-8,11,13,16H,2-4,9-10H2,1H3,(H,17,18)/t11-,13+/m1/s1. The van der Waals surface area contributed by atoms with Crippen molar-refractivity contribution in [2.45, 2.75) is 43.5 Å². The summed E-state index contributed by atoms with van der Waals surface area (Å²) >= 11 is 0. The Morgan fingerprint density at radius 3 is 2.48 bits per heavy atom. The fourth-order valence-corrected chi connectivity index (χ4v) is 4.04. The predicted molar refractivity (Wildman–Crippen MR) is 81.2 cm³/mol. The van der Waals surface area contributed by atoms with Crippen LogP contribution in [0, 0.1) is 5.92 Å².